The van der Waals surface area contributed by atoms with E-state index in [0.29, 0.717) is 18.4 Å². The minimum absolute atomic E-state index is 0.128. The predicted molar refractivity (Wildman–Crippen MR) is 106 cm³/mol. The molecule has 2 unspecified atom stereocenters. The highest BCUT2D eigenvalue weighted by Gasteiger charge is 2.43. The van der Waals surface area contributed by atoms with Gasteiger partial charge in [-0.15, -0.1) is 6.58 Å². The molecule has 0 radical (unpaired) electrons. The van der Waals surface area contributed by atoms with Crippen LogP contribution in [0.4, 0.5) is 0 Å². The van der Waals surface area contributed by atoms with E-state index in [1.807, 2.05) is 42.5 Å². The summed E-state index contributed by atoms with van der Waals surface area (Å²) >= 11 is 0. The second kappa shape index (κ2) is 8.94. The highest BCUT2D eigenvalue weighted by atomic mass is 31.2. The van der Waals surface area contributed by atoms with Gasteiger partial charge in [-0.25, -0.2) is 0 Å². The summed E-state index contributed by atoms with van der Waals surface area (Å²) < 4.78 is 24.4. The van der Waals surface area contributed by atoms with Crippen molar-refractivity contribution in [2.24, 2.45) is 0 Å². The molecule has 140 valence electrons. The number of benzene rings is 2. The molecule has 2 aromatic carbocycles. The Morgan fingerprint density at radius 1 is 0.923 bits per heavy atom. The molecule has 0 spiro atoms. The maximum absolute atomic E-state index is 12.6. The molecule has 2 rings (SSSR count). The van der Waals surface area contributed by atoms with Crippen molar-refractivity contribution in [2.45, 2.75) is 24.7 Å². The summed E-state index contributed by atoms with van der Waals surface area (Å²) in [5, 5.41) is -1.58. The SMILES string of the molecule is C=CCCCP(=O)(O)C(Cc1ccc(-c2ccccc2)cc1)P(=O)(O)O. The summed E-state index contributed by atoms with van der Waals surface area (Å²) in [6.07, 6.45) is 2.26. The van der Waals surface area contributed by atoms with Crippen LogP contribution in [0.15, 0.2) is 67.3 Å². The predicted octanol–water partition coefficient (Wildman–Crippen LogP) is 4.64. The van der Waals surface area contributed by atoms with Crippen molar-refractivity contribution in [3.05, 3.63) is 72.8 Å². The smallest absolute Gasteiger partial charge is 0.338 e. The van der Waals surface area contributed by atoms with E-state index in [2.05, 4.69) is 6.58 Å². The van der Waals surface area contributed by atoms with Crippen molar-refractivity contribution in [1.82, 2.24) is 0 Å². The zero-order valence-corrected chi connectivity index (χ0v) is 16.2. The Hall–Kier alpha value is -1.48. The van der Waals surface area contributed by atoms with Crippen LogP contribution in [0.25, 0.3) is 11.1 Å². The average molecular weight is 394 g/mol. The summed E-state index contributed by atoms with van der Waals surface area (Å²) in [6, 6.07) is 16.9. The first-order valence-corrected chi connectivity index (χ1v) is 12.0. The molecule has 0 heterocycles. The van der Waals surface area contributed by atoms with E-state index < -0.39 is 20.4 Å². The second-order valence-corrected chi connectivity index (χ2v) is 11.0. The van der Waals surface area contributed by atoms with Gasteiger partial charge < -0.3 is 14.7 Å². The molecule has 0 fully saturated rings. The third-order valence-corrected chi connectivity index (χ3v) is 9.24. The first kappa shape index (κ1) is 20.8. The van der Waals surface area contributed by atoms with Gasteiger partial charge in [-0.3, -0.25) is 9.13 Å². The number of unbranched alkanes of at least 4 members (excludes halogenated alkanes) is 1. The molecule has 2 aromatic rings. The first-order valence-electron chi connectivity index (χ1n) is 8.36. The van der Waals surface area contributed by atoms with Gasteiger partial charge in [0.15, 0.2) is 0 Å². The molecule has 0 aromatic heterocycles. The van der Waals surface area contributed by atoms with Crippen LogP contribution >= 0.6 is 15.0 Å². The third kappa shape index (κ3) is 5.77. The van der Waals surface area contributed by atoms with E-state index in [1.165, 1.54) is 0 Å². The highest BCUT2D eigenvalue weighted by molar-refractivity contribution is 7.73. The minimum atomic E-state index is -4.72. The lowest BCUT2D eigenvalue weighted by atomic mass is 10.0. The summed E-state index contributed by atoms with van der Waals surface area (Å²) in [5.74, 6) is 0. The zero-order valence-electron chi connectivity index (χ0n) is 14.4. The molecule has 0 aliphatic heterocycles. The van der Waals surface area contributed by atoms with Crippen LogP contribution in [-0.2, 0) is 15.6 Å². The monoisotopic (exact) mass is 394 g/mol. The van der Waals surface area contributed by atoms with E-state index in [0.717, 1.165) is 11.1 Å². The van der Waals surface area contributed by atoms with Crippen LogP contribution in [-0.4, -0.2) is 26.2 Å². The number of hydrogen-bond acceptors (Lipinski definition) is 2. The maximum atomic E-state index is 12.6. The van der Waals surface area contributed by atoms with Gasteiger partial charge in [0.2, 0.25) is 7.37 Å². The highest BCUT2D eigenvalue weighted by Crippen LogP contribution is 2.63. The van der Waals surface area contributed by atoms with Crippen molar-refractivity contribution in [3.8, 4) is 11.1 Å². The Balaban J connectivity index is 2.19. The molecule has 0 amide bonds. The molecular weight excluding hydrogens is 370 g/mol. The van der Waals surface area contributed by atoms with Gasteiger partial charge in [-0.05, 0) is 36.0 Å². The van der Waals surface area contributed by atoms with Gasteiger partial charge in [-0.1, -0.05) is 60.7 Å². The number of allylic oxidation sites excluding steroid dienone is 1. The van der Waals surface area contributed by atoms with Crippen LogP contribution in [0.5, 0.6) is 0 Å². The molecule has 0 aliphatic rings. The molecule has 26 heavy (non-hydrogen) atoms. The summed E-state index contributed by atoms with van der Waals surface area (Å²) in [4.78, 5) is 29.5. The molecule has 2 atom stereocenters. The third-order valence-electron chi connectivity index (χ3n) is 4.22. The lowest BCUT2D eigenvalue weighted by Gasteiger charge is -2.24. The fraction of sp³-hybridized carbons (Fsp3) is 0.263. The van der Waals surface area contributed by atoms with Crippen molar-refractivity contribution >= 4 is 15.0 Å². The molecule has 0 bridgehead atoms. The van der Waals surface area contributed by atoms with E-state index in [9.17, 15) is 23.8 Å². The van der Waals surface area contributed by atoms with Gasteiger partial charge in [0.05, 0.1) is 0 Å². The normalized spacial score (nSPS) is 15.2. The second-order valence-electron chi connectivity index (χ2n) is 6.25. The van der Waals surface area contributed by atoms with Gasteiger partial charge in [0, 0.05) is 6.16 Å². The number of rotatable bonds is 9. The molecular formula is C19H24O5P2. The van der Waals surface area contributed by atoms with Crippen LogP contribution < -0.4 is 0 Å². The average Bonchev–Trinajstić information content (AvgIpc) is 2.60. The number of hydrogen-bond donors (Lipinski definition) is 3. The fourth-order valence-electron chi connectivity index (χ4n) is 2.78. The van der Waals surface area contributed by atoms with Crippen LogP contribution in [0, 0.1) is 0 Å². The Morgan fingerprint density at radius 3 is 2.04 bits per heavy atom. The Morgan fingerprint density at radius 2 is 1.50 bits per heavy atom. The quantitative estimate of drug-likeness (QED) is 0.327. The van der Waals surface area contributed by atoms with Crippen molar-refractivity contribution in [2.75, 3.05) is 6.16 Å². The zero-order chi connectivity index (χ0) is 19.2. The molecule has 5 nitrogen and oxygen atoms in total. The van der Waals surface area contributed by atoms with Gasteiger partial charge >= 0.3 is 7.60 Å². The van der Waals surface area contributed by atoms with Crippen molar-refractivity contribution < 1.29 is 23.8 Å². The Labute approximate surface area is 154 Å². The lowest BCUT2D eigenvalue weighted by Crippen LogP contribution is -2.15. The Bertz CT molecular complexity index is 812. The van der Waals surface area contributed by atoms with E-state index >= 15 is 0 Å². The lowest BCUT2D eigenvalue weighted by molar-refractivity contribution is 0.362. The van der Waals surface area contributed by atoms with Gasteiger partial charge in [-0.2, -0.15) is 0 Å². The van der Waals surface area contributed by atoms with Crippen LogP contribution in [0.1, 0.15) is 18.4 Å². The summed E-state index contributed by atoms with van der Waals surface area (Å²) in [6.45, 7) is 3.55. The van der Waals surface area contributed by atoms with Crippen LogP contribution in [0.3, 0.4) is 0 Å². The first-order chi connectivity index (χ1) is 12.2. The van der Waals surface area contributed by atoms with Crippen LogP contribution in [0.2, 0.25) is 0 Å². The largest absolute Gasteiger partial charge is 0.344 e. The molecule has 0 saturated heterocycles. The van der Waals surface area contributed by atoms with Gasteiger partial charge in [0.25, 0.3) is 0 Å². The topological polar surface area (TPSA) is 94.8 Å². The standard InChI is InChI=1S/C19H24O5P2/c1-2-3-7-14-25(20,21)19(26(22,23)24)15-16-10-12-18(13-11-16)17-8-5-4-6-9-17/h2,4-6,8-13,19H,1,3,7,14-15H2,(H,20,21)(H2,22,23,24). The van der Waals surface area contributed by atoms with E-state index in [-0.39, 0.29) is 12.6 Å². The Kier molecular flexibility index (Phi) is 7.16. The minimum Gasteiger partial charge on any atom is -0.344 e. The molecule has 3 N–H and O–H groups in total. The summed E-state index contributed by atoms with van der Waals surface area (Å²) in [5.41, 5.74) is 2.62. The fourth-order valence-corrected chi connectivity index (χ4v) is 6.89. The van der Waals surface area contributed by atoms with E-state index in [1.54, 1.807) is 18.2 Å². The van der Waals surface area contributed by atoms with Crippen molar-refractivity contribution in [1.29, 1.82) is 0 Å². The summed E-state index contributed by atoms with van der Waals surface area (Å²) in [7, 11) is -8.72. The van der Waals surface area contributed by atoms with Crippen molar-refractivity contribution in [3.63, 3.8) is 0 Å². The molecule has 0 aliphatic carbocycles. The van der Waals surface area contributed by atoms with Gasteiger partial charge in [0.1, 0.15) is 5.40 Å². The molecule has 7 heteroatoms. The molecule has 0 saturated carbocycles. The van der Waals surface area contributed by atoms with E-state index in [4.69, 9.17) is 0 Å². The maximum Gasteiger partial charge on any atom is 0.338 e.